The lowest BCUT2D eigenvalue weighted by molar-refractivity contribution is 0.0976. The molecule has 126 valence electrons. The van der Waals surface area contributed by atoms with E-state index in [0.717, 1.165) is 11.3 Å². The SMILES string of the molecule is Cc1cccc(NC(CC(=O)c2ccc(Cl)cc2)c2ccccc2)c1. The van der Waals surface area contributed by atoms with E-state index in [1.54, 1.807) is 24.3 Å². The molecule has 0 aromatic heterocycles. The largest absolute Gasteiger partial charge is 0.378 e. The van der Waals surface area contributed by atoms with Crippen molar-refractivity contribution in [1.29, 1.82) is 0 Å². The molecule has 0 aliphatic rings. The predicted molar refractivity (Wildman–Crippen MR) is 104 cm³/mol. The number of carbonyl (C=O) groups is 1. The van der Waals surface area contributed by atoms with Crippen LogP contribution in [-0.2, 0) is 0 Å². The van der Waals surface area contributed by atoms with E-state index in [9.17, 15) is 4.79 Å². The molecule has 1 N–H and O–H groups in total. The van der Waals surface area contributed by atoms with Crippen molar-refractivity contribution >= 4 is 23.1 Å². The van der Waals surface area contributed by atoms with Crippen LogP contribution in [0.1, 0.15) is 33.9 Å². The number of carbonyl (C=O) groups excluding carboxylic acids is 1. The standard InChI is InChI=1S/C22H20ClNO/c1-16-6-5-9-20(14-16)24-21(17-7-3-2-4-8-17)15-22(25)18-10-12-19(23)13-11-18/h2-14,21,24H,15H2,1H3. The molecule has 1 unspecified atom stereocenters. The van der Waals surface area contributed by atoms with E-state index < -0.39 is 0 Å². The Morgan fingerprint density at radius 2 is 1.68 bits per heavy atom. The van der Waals surface area contributed by atoms with Gasteiger partial charge < -0.3 is 5.32 Å². The summed E-state index contributed by atoms with van der Waals surface area (Å²) in [4.78, 5) is 12.7. The van der Waals surface area contributed by atoms with Crippen LogP contribution in [0.3, 0.4) is 0 Å². The lowest BCUT2D eigenvalue weighted by atomic mass is 9.97. The van der Waals surface area contributed by atoms with E-state index in [4.69, 9.17) is 11.6 Å². The van der Waals surface area contributed by atoms with Gasteiger partial charge in [0, 0.05) is 22.7 Å². The number of hydrogen-bond acceptors (Lipinski definition) is 2. The lowest BCUT2D eigenvalue weighted by Crippen LogP contribution is -2.15. The highest BCUT2D eigenvalue weighted by atomic mass is 35.5. The van der Waals surface area contributed by atoms with Gasteiger partial charge in [-0.1, -0.05) is 54.1 Å². The Morgan fingerprint density at radius 1 is 0.960 bits per heavy atom. The summed E-state index contributed by atoms with van der Waals surface area (Å²) in [5.41, 5.74) is 3.96. The van der Waals surface area contributed by atoms with Gasteiger partial charge >= 0.3 is 0 Å². The summed E-state index contributed by atoms with van der Waals surface area (Å²) in [5.74, 6) is 0.0886. The molecule has 0 radical (unpaired) electrons. The molecule has 0 bridgehead atoms. The second-order valence-electron chi connectivity index (χ2n) is 6.11. The molecule has 3 aromatic carbocycles. The van der Waals surface area contributed by atoms with Crippen LogP contribution >= 0.6 is 11.6 Å². The van der Waals surface area contributed by atoms with E-state index in [2.05, 4.69) is 24.4 Å². The van der Waals surface area contributed by atoms with E-state index in [1.165, 1.54) is 5.56 Å². The van der Waals surface area contributed by atoms with Crippen LogP contribution in [0.5, 0.6) is 0 Å². The van der Waals surface area contributed by atoms with Gasteiger partial charge in [0.05, 0.1) is 6.04 Å². The van der Waals surface area contributed by atoms with E-state index in [0.29, 0.717) is 17.0 Å². The third kappa shape index (κ3) is 4.71. The normalized spacial score (nSPS) is 11.8. The first-order chi connectivity index (χ1) is 12.1. The van der Waals surface area contributed by atoms with Gasteiger partial charge in [0.2, 0.25) is 0 Å². The molecule has 1 atom stereocenters. The lowest BCUT2D eigenvalue weighted by Gasteiger charge is -2.20. The van der Waals surface area contributed by atoms with Crippen molar-refractivity contribution in [1.82, 2.24) is 0 Å². The minimum absolute atomic E-state index is 0.0886. The average Bonchev–Trinajstić information content (AvgIpc) is 2.62. The van der Waals surface area contributed by atoms with Crippen molar-refractivity contribution in [3.8, 4) is 0 Å². The highest BCUT2D eigenvalue weighted by Gasteiger charge is 2.17. The summed E-state index contributed by atoms with van der Waals surface area (Å²) in [6.45, 7) is 2.06. The van der Waals surface area contributed by atoms with Crippen LogP contribution < -0.4 is 5.32 Å². The number of aryl methyl sites for hydroxylation is 1. The Bertz CT molecular complexity index is 843. The van der Waals surface area contributed by atoms with Gasteiger partial charge in [-0.3, -0.25) is 4.79 Å². The number of benzene rings is 3. The van der Waals surface area contributed by atoms with E-state index in [1.807, 2.05) is 42.5 Å². The molecule has 0 aliphatic heterocycles. The van der Waals surface area contributed by atoms with Crippen molar-refractivity contribution < 1.29 is 4.79 Å². The van der Waals surface area contributed by atoms with Crippen LogP contribution in [0.4, 0.5) is 5.69 Å². The van der Waals surface area contributed by atoms with Crippen LogP contribution in [0.15, 0.2) is 78.9 Å². The third-order valence-corrected chi connectivity index (χ3v) is 4.37. The maximum absolute atomic E-state index is 12.7. The molecule has 3 aromatic rings. The first-order valence-corrected chi connectivity index (χ1v) is 8.66. The second kappa shape index (κ2) is 8.00. The topological polar surface area (TPSA) is 29.1 Å². The first-order valence-electron chi connectivity index (χ1n) is 8.29. The van der Waals surface area contributed by atoms with Gasteiger partial charge in [-0.2, -0.15) is 0 Å². The Labute approximate surface area is 153 Å². The zero-order valence-electron chi connectivity index (χ0n) is 14.1. The molecule has 2 nitrogen and oxygen atoms in total. The Balaban J connectivity index is 1.83. The fourth-order valence-corrected chi connectivity index (χ4v) is 2.94. The van der Waals surface area contributed by atoms with Crippen molar-refractivity contribution in [2.75, 3.05) is 5.32 Å². The number of halogens is 1. The number of anilines is 1. The van der Waals surface area contributed by atoms with Crippen LogP contribution in [-0.4, -0.2) is 5.78 Å². The zero-order valence-corrected chi connectivity index (χ0v) is 14.8. The molecular formula is C22H20ClNO. The monoisotopic (exact) mass is 349 g/mol. The van der Waals surface area contributed by atoms with Crippen molar-refractivity contribution in [2.24, 2.45) is 0 Å². The second-order valence-corrected chi connectivity index (χ2v) is 6.55. The summed E-state index contributed by atoms with van der Waals surface area (Å²) in [6.07, 6.45) is 0.375. The number of ketones is 1. The van der Waals surface area contributed by atoms with Gasteiger partial charge in [-0.25, -0.2) is 0 Å². The molecule has 0 spiro atoms. The van der Waals surface area contributed by atoms with Crippen molar-refractivity contribution in [2.45, 2.75) is 19.4 Å². The molecule has 0 saturated heterocycles. The van der Waals surface area contributed by atoms with Crippen LogP contribution in [0.25, 0.3) is 0 Å². The third-order valence-electron chi connectivity index (χ3n) is 4.12. The van der Waals surface area contributed by atoms with Gasteiger partial charge in [-0.05, 0) is 54.4 Å². The molecule has 3 heteroatoms. The Morgan fingerprint density at radius 3 is 2.36 bits per heavy atom. The van der Waals surface area contributed by atoms with Gasteiger partial charge in [0.1, 0.15) is 0 Å². The molecular weight excluding hydrogens is 330 g/mol. The molecule has 0 aliphatic carbocycles. The van der Waals surface area contributed by atoms with Crippen molar-refractivity contribution in [3.05, 3.63) is 101 Å². The summed E-state index contributed by atoms with van der Waals surface area (Å²) in [6, 6.07) is 25.2. The predicted octanol–water partition coefficient (Wildman–Crippen LogP) is 6.07. The maximum atomic E-state index is 12.7. The Kier molecular flexibility index (Phi) is 5.52. The quantitative estimate of drug-likeness (QED) is 0.547. The van der Waals surface area contributed by atoms with E-state index >= 15 is 0 Å². The molecule has 0 fully saturated rings. The van der Waals surface area contributed by atoms with Gasteiger partial charge in [0.25, 0.3) is 0 Å². The molecule has 0 amide bonds. The molecule has 0 heterocycles. The summed E-state index contributed by atoms with van der Waals surface area (Å²) >= 11 is 5.92. The Hall–Kier alpha value is -2.58. The highest BCUT2D eigenvalue weighted by Crippen LogP contribution is 2.25. The van der Waals surface area contributed by atoms with Gasteiger partial charge in [0.15, 0.2) is 5.78 Å². The fourth-order valence-electron chi connectivity index (χ4n) is 2.81. The minimum Gasteiger partial charge on any atom is -0.378 e. The average molecular weight is 350 g/mol. The zero-order chi connectivity index (χ0) is 17.6. The van der Waals surface area contributed by atoms with Gasteiger partial charge in [-0.15, -0.1) is 0 Å². The molecule has 3 rings (SSSR count). The van der Waals surface area contributed by atoms with Crippen LogP contribution in [0, 0.1) is 6.92 Å². The smallest absolute Gasteiger partial charge is 0.165 e. The number of Topliss-reactive ketones (excluding diaryl/α,β-unsaturated/α-hetero) is 1. The fraction of sp³-hybridized carbons (Fsp3) is 0.136. The first kappa shape index (κ1) is 17.2. The highest BCUT2D eigenvalue weighted by molar-refractivity contribution is 6.30. The number of nitrogens with one attached hydrogen (secondary N) is 1. The molecule has 0 saturated carbocycles. The number of hydrogen-bond donors (Lipinski definition) is 1. The minimum atomic E-state index is -0.0915. The maximum Gasteiger partial charge on any atom is 0.165 e. The summed E-state index contributed by atoms with van der Waals surface area (Å²) < 4.78 is 0. The van der Waals surface area contributed by atoms with Crippen LogP contribution in [0.2, 0.25) is 5.02 Å². The molecule has 25 heavy (non-hydrogen) atoms. The number of rotatable bonds is 6. The van der Waals surface area contributed by atoms with E-state index in [-0.39, 0.29) is 11.8 Å². The summed E-state index contributed by atoms with van der Waals surface area (Å²) in [7, 11) is 0. The summed E-state index contributed by atoms with van der Waals surface area (Å²) in [5, 5.41) is 4.13. The van der Waals surface area contributed by atoms with Crippen molar-refractivity contribution in [3.63, 3.8) is 0 Å².